The number of nitrogens with one attached hydrogen (secondary N) is 1. The third-order valence-corrected chi connectivity index (χ3v) is 4.22. The predicted molar refractivity (Wildman–Crippen MR) is 106 cm³/mol. The highest BCUT2D eigenvalue weighted by Gasteiger charge is 2.04. The molecule has 6 heteroatoms. The summed E-state index contributed by atoms with van der Waals surface area (Å²) in [5.74, 6) is 0.560. The summed E-state index contributed by atoms with van der Waals surface area (Å²) in [5, 5.41) is 3.41. The van der Waals surface area contributed by atoms with Gasteiger partial charge < -0.3 is 10.1 Å². The lowest BCUT2D eigenvalue weighted by Gasteiger charge is -2.06. The van der Waals surface area contributed by atoms with Crippen molar-refractivity contribution in [1.29, 1.82) is 0 Å². The third-order valence-electron chi connectivity index (χ3n) is 3.87. The van der Waals surface area contributed by atoms with Crippen LogP contribution in [0.25, 0.3) is 17.3 Å². The van der Waals surface area contributed by atoms with Crippen LogP contribution >= 0.6 is 11.6 Å². The molecule has 0 radical (unpaired) electrons. The fourth-order valence-electron chi connectivity index (χ4n) is 2.43. The van der Waals surface area contributed by atoms with Crippen molar-refractivity contribution in [2.45, 2.75) is 6.54 Å². The maximum atomic E-state index is 12.0. The molecule has 0 saturated heterocycles. The molecule has 0 aliphatic carbocycles. The Morgan fingerprint density at radius 2 is 1.93 bits per heavy atom. The number of benzene rings is 2. The van der Waals surface area contributed by atoms with Crippen LogP contribution in [0.3, 0.4) is 0 Å². The number of hydrogen-bond acceptors (Lipinski definition) is 4. The number of rotatable bonds is 6. The predicted octanol–water partition coefficient (Wildman–Crippen LogP) is 4.14. The van der Waals surface area contributed by atoms with Gasteiger partial charge >= 0.3 is 0 Å². The van der Waals surface area contributed by atoms with Crippen molar-refractivity contribution >= 4 is 23.6 Å². The number of amides is 1. The smallest absolute Gasteiger partial charge is 0.244 e. The van der Waals surface area contributed by atoms with Crippen molar-refractivity contribution in [3.8, 4) is 17.0 Å². The number of carbonyl (C=O) groups excluding carboxylic acids is 1. The Morgan fingerprint density at radius 3 is 2.67 bits per heavy atom. The molecule has 136 valence electrons. The number of carbonyl (C=O) groups is 1. The average molecular weight is 380 g/mol. The van der Waals surface area contributed by atoms with Gasteiger partial charge in [-0.15, -0.1) is 0 Å². The Bertz CT molecular complexity index is 956. The summed E-state index contributed by atoms with van der Waals surface area (Å²) >= 11 is 6.07. The van der Waals surface area contributed by atoms with E-state index in [0.717, 1.165) is 28.3 Å². The highest BCUT2D eigenvalue weighted by molar-refractivity contribution is 6.32. The molecule has 2 aromatic carbocycles. The van der Waals surface area contributed by atoms with Gasteiger partial charge in [0, 0.05) is 16.7 Å². The minimum atomic E-state index is -0.223. The first-order valence-electron chi connectivity index (χ1n) is 8.31. The summed E-state index contributed by atoms with van der Waals surface area (Å²) in [5.41, 5.74) is 3.24. The minimum Gasteiger partial charge on any atom is -0.497 e. The van der Waals surface area contributed by atoms with Crippen LogP contribution in [0.4, 0.5) is 0 Å². The largest absolute Gasteiger partial charge is 0.497 e. The lowest BCUT2D eigenvalue weighted by Crippen LogP contribution is -2.21. The summed E-state index contributed by atoms with van der Waals surface area (Å²) in [6.07, 6.45) is 4.62. The molecule has 0 saturated carbocycles. The molecule has 3 rings (SSSR count). The summed E-state index contributed by atoms with van der Waals surface area (Å²) in [6, 6.07) is 16.8. The van der Waals surface area contributed by atoms with Gasteiger partial charge in [-0.1, -0.05) is 29.8 Å². The van der Waals surface area contributed by atoms with Crippen molar-refractivity contribution in [2.75, 3.05) is 7.11 Å². The molecule has 5 nitrogen and oxygen atoms in total. The second-order valence-electron chi connectivity index (χ2n) is 5.70. The Labute approximate surface area is 162 Å². The lowest BCUT2D eigenvalue weighted by molar-refractivity contribution is -0.116. The van der Waals surface area contributed by atoms with Gasteiger partial charge in [-0.25, -0.2) is 9.97 Å². The molecule has 1 aromatic heterocycles. The van der Waals surface area contributed by atoms with Crippen LogP contribution in [-0.4, -0.2) is 23.0 Å². The lowest BCUT2D eigenvalue weighted by atomic mass is 10.1. The van der Waals surface area contributed by atoms with Crippen molar-refractivity contribution < 1.29 is 9.53 Å². The van der Waals surface area contributed by atoms with E-state index in [1.807, 2.05) is 48.5 Å². The maximum absolute atomic E-state index is 12.0. The number of nitrogens with zero attached hydrogens (tertiary/aromatic N) is 2. The van der Waals surface area contributed by atoms with Gasteiger partial charge in [-0.3, -0.25) is 4.79 Å². The summed E-state index contributed by atoms with van der Waals surface area (Å²) in [7, 11) is 1.63. The molecule has 0 unspecified atom stereocenters. The van der Waals surface area contributed by atoms with Crippen molar-refractivity contribution in [1.82, 2.24) is 15.3 Å². The van der Waals surface area contributed by atoms with Gasteiger partial charge in [-0.2, -0.15) is 0 Å². The fourth-order valence-corrected chi connectivity index (χ4v) is 2.62. The maximum Gasteiger partial charge on any atom is 0.244 e. The Balaban J connectivity index is 1.62. The van der Waals surface area contributed by atoms with Crippen LogP contribution < -0.4 is 10.1 Å². The van der Waals surface area contributed by atoms with Crippen molar-refractivity contribution in [2.24, 2.45) is 0 Å². The van der Waals surface area contributed by atoms with E-state index in [9.17, 15) is 4.79 Å². The highest BCUT2D eigenvalue weighted by Crippen LogP contribution is 2.20. The van der Waals surface area contributed by atoms with Crippen LogP contribution in [0, 0.1) is 0 Å². The second kappa shape index (κ2) is 8.96. The zero-order chi connectivity index (χ0) is 19.1. The van der Waals surface area contributed by atoms with Gasteiger partial charge in [-0.05, 0) is 48.0 Å². The molecular weight excluding hydrogens is 362 g/mol. The van der Waals surface area contributed by atoms with Crippen LogP contribution in [0.2, 0.25) is 5.02 Å². The number of aromatic nitrogens is 2. The van der Waals surface area contributed by atoms with E-state index < -0.39 is 0 Å². The molecule has 0 spiro atoms. The molecule has 1 N–H and O–H groups in total. The third kappa shape index (κ3) is 5.15. The molecule has 0 atom stereocenters. The molecule has 0 aliphatic heterocycles. The Morgan fingerprint density at radius 1 is 1.15 bits per heavy atom. The van der Waals surface area contributed by atoms with Gasteiger partial charge in [0.2, 0.25) is 5.91 Å². The standard InChI is InChI=1S/C21H18ClN3O2/c1-27-18-9-6-16(7-10-18)20-12-17(24-14-25-20)13-23-21(26)11-8-15-4-2-3-5-19(15)22/h2-12,14H,13H2,1H3,(H,23,26)/b11-8+. The second-order valence-corrected chi connectivity index (χ2v) is 6.10. The fraction of sp³-hybridized carbons (Fsp3) is 0.0952. The molecule has 0 aliphatic rings. The molecule has 0 fully saturated rings. The van der Waals surface area contributed by atoms with Crippen LogP contribution in [0.1, 0.15) is 11.3 Å². The molecule has 1 amide bonds. The van der Waals surface area contributed by atoms with Crippen LogP contribution in [-0.2, 0) is 11.3 Å². The molecular formula is C21H18ClN3O2. The quantitative estimate of drug-likeness (QED) is 0.654. The number of methoxy groups -OCH3 is 1. The van der Waals surface area contributed by atoms with Gasteiger partial charge in [0.1, 0.15) is 12.1 Å². The van der Waals surface area contributed by atoms with Crippen LogP contribution in [0.5, 0.6) is 5.75 Å². The first-order chi connectivity index (χ1) is 13.2. The first-order valence-corrected chi connectivity index (χ1v) is 8.69. The van der Waals surface area contributed by atoms with E-state index in [4.69, 9.17) is 16.3 Å². The number of ether oxygens (including phenoxy) is 1. The molecule has 1 heterocycles. The zero-order valence-corrected chi connectivity index (χ0v) is 15.5. The van der Waals surface area contributed by atoms with Crippen molar-refractivity contribution in [3.05, 3.63) is 83.3 Å². The van der Waals surface area contributed by atoms with Gasteiger partial charge in [0.05, 0.1) is 25.0 Å². The summed E-state index contributed by atoms with van der Waals surface area (Å²) in [4.78, 5) is 20.5. The number of halogens is 1. The Kier molecular flexibility index (Phi) is 6.18. The molecule has 3 aromatic rings. The van der Waals surface area contributed by atoms with Gasteiger partial charge in [0.25, 0.3) is 0 Å². The monoisotopic (exact) mass is 379 g/mol. The summed E-state index contributed by atoms with van der Waals surface area (Å²) in [6.45, 7) is 0.303. The van der Waals surface area contributed by atoms with E-state index in [1.54, 1.807) is 19.3 Å². The zero-order valence-electron chi connectivity index (χ0n) is 14.7. The first kappa shape index (κ1) is 18.6. The average Bonchev–Trinajstić information content (AvgIpc) is 2.72. The SMILES string of the molecule is COc1ccc(-c2cc(CNC(=O)/C=C/c3ccccc3Cl)ncn2)cc1. The topological polar surface area (TPSA) is 64.1 Å². The summed E-state index contributed by atoms with van der Waals surface area (Å²) < 4.78 is 5.16. The van der Waals surface area contributed by atoms with E-state index in [0.29, 0.717) is 11.6 Å². The van der Waals surface area contributed by atoms with Gasteiger partial charge in [0.15, 0.2) is 0 Å². The van der Waals surface area contributed by atoms with E-state index in [2.05, 4.69) is 15.3 Å². The highest BCUT2D eigenvalue weighted by atomic mass is 35.5. The van der Waals surface area contributed by atoms with Crippen molar-refractivity contribution in [3.63, 3.8) is 0 Å². The molecule has 27 heavy (non-hydrogen) atoms. The van der Waals surface area contributed by atoms with E-state index in [1.165, 1.54) is 12.4 Å². The number of hydrogen-bond donors (Lipinski definition) is 1. The van der Waals surface area contributed by atoms with E-state index in [-0.39, 0.29) is 5.91 Å². The van der Waals surface area contributed by atoms with E-state index >= 15 is 0 Å². The molecule has 0 bridgehead atoms. The Hall–Kier alpha value is -3.18. The normalized spacial score (nSPS) is 10.7. The minimum absolute atomic E-state index is 0.223. The van der Waals surface area contributed by atoms with Crippen LogP contribution in [0.15, 0.2) is 67.0 Å².